The number of fused-ring (bicyclic) bond motifs is 3. The molecule has 0 radical (unpaired) electrons. The summed E-state index contributed by atoms with van der Waals surface area (Å²) in [6, 6.07) is 26.5. The summed E-state index contributed by atoms with van der Waals surface area (Å²) < 4.78 is 0. The fourth-order valence-electron chi connectivity index (χ4n) is 4.70. The van der Waals surface area contributed by atoms with Gasteiger partial charge < -0.3 is 5.32 Å². The Hall–Kier alpha value is -1.09. The van der Waals surface area contributed by atoms with Crippen molar-refractivity contribution in [1.29, 1.82) is 0 Å². The molecule has 0 aliphatic heterocycles. The van der Waals surface area contributed by atoms with Crippen molar-refractivity contribution < 1.29 is 17.0 Å². The van der Waals surface area contributed by atoms with Crippen molar-refractivity contribution in [2.45, 2.75) is 51.6 Å². The second-order valence-electron chi connectivity index (χ2n) is 9.11. The van der Waals surface area contributed by atoms with E-state index in [1.165, 1.54) is 33.4 Å². The molecule has 0 N–H and O–H groups in total. The van der Waals surface area contributed by atoms with Crippen LogP contribution in [0.5, 0.6) is 0 Å². The number of halogens is 2. The molecule has 1 aliphatic rings. The average molecular weight is 473 g/mol. The summed E-state index contributed by atoms with van der Waals surface area (Å²) in [7, 11) is 9.78. The van der Waals surface area contributed by atoms with E-state index in [0.29, 0.717) is 0 Å². The molecule has 1 nitrogen and oxygen atoms in total. The van der Waals surface area contributed by atoms with E-state index in [9.17, 15) is 0 Å². The van der Waals surface area contributed by atoms with Crippen LogP contribution in [-0.4, -0.2) is 5.54 Å². The topological polar surface area (TPSA) is 14.1 Å². The van der Waals surface area contributed by atoms with Crippen LogP contribution in [0.2, 0.25) is 0 Å². The van der Waals surface area contributed by atoms with E-state index in [-0.39, 0.29) is 17.0 Å². The molecule has 0 saturated heterocycles. The summed E-state index contributed by atoms with van der Waals surface area (Å²) in [6.07, 6.45) is 0. The molecule has 0 aromatic heterocycles. The normalized spacial score (nSPS) is 13.2. The number of hydrogen-bond donors (Lipinski definition) is 0. The molecule has 0 atom stereocenters. The zero-order valence-electron chi connectivity index (χ0n) is 18.2. The predicted octanol–water partition coefficient (Wildman–Crippen LogP) is 8.63. The van der Waals surface area contributed by atoms with E-state index in [1.54, 1.807) is 0 Å². The molecule has 4 heteroatoms. The van der Waals surface area contributed by atoms with Gasteiger partial charge in [-0.15, -0.1) is 11.1 Å². The van der Waals surface area contributed by atoms with Crippen LogP contribution < -0.4 is 0 Å². The Bertz CT molecular complexity index is 962. The van der Waals surface area contributed by atoms with Crippen molar-refractivity contribution in [2.75, 3.05) is 0 Å². The maximum absolute atomic E-state index is 5.16. The Labute approximate surface area is 197 Å². The Morgan fingerprint density at radius 1 is 0.667 bits per heavy atom. The van der Waals surface area contributed by atoms with Gasteiger partial charge in [0.1, 0.15) is 0 Å². The first-order valence-electron chi connectivity index (χ1n) is 10.2. The molecular formula is C26H28Cl2NTi-. The van der Waals surface area contributed by atoms with Gasteiger partial charge in [0.05, 0.1) is 0 Å². The van der Waals surface area contributed by atoms with Crippen molar-refractivity contribution >= 4 is 18.6 Å². The van der Waals surface area contributed by atoms with E-state index in [4.69, 9.17) is 23.9 Å². The van der Waals surface area contributed by atoms with Gasteiger partial charge in [-0.2, -0.15) is 0 Å². The summed E-state index contributed by atoms with van der Waals surface area (Å²) in [6.45, 7) is 11.0. The van der Waals surface area contributed by atoms with E-state index >= 15 is 0 Å². The summed E-state index contributed by atoms with van der Waals surface area (Å²) >= 11 is -0.556. The Kier molecular flexibility index (Phi) is 7.54. The molecule has 30 heavy (non-hydrogen) atoms. The summed E-state index contributed by atoms with van der Waals surface area (Å²) in [5.41, 5.74) is 7.88. The Morgan fingerprint density at radius 2 is 1.07 bits per heavy atom. The molecule has 0 unspecified atom stereocenters. The second kappa shape index (κ2) is 9.59. The van der Waals surface area contributed by atoms with Crippen molar-refractivity contribution in [3.63, 3.8) is 0 Å². The van der Waals surface area contributed by atoms with E-state index < -0.39 is 17.0 Å². The predicted molar refractivity (Wildman–Crippen MR) is 127 cm³/mol. The zero-order chi connectivity index (χ0) is 21.9. The van der Waals surface area contributed by atoms with Crippen LogP contribution in [0.4, 0.5) is 0 Å². The number of nitrogens with zero attached hydrogens (tertiary/aromatic N) is 1. The molecule has 156 valence electrons. The Balaban J connectivity index is 0.000000806. The zero-order valence-corrected chi connectivity index (χ0v) is 21.3. The molecule has 4 rings (SSSR count). The quantitative estimate of drug-likeness (QED) is 0.265. The van der Waals surface area contributed by atoms with Crippen molar-refractivity contribution in [3.05, 3.63) is 100 Å². The third kappa shape index (κ3) is 5.04. The van der Waals surface area contributed by atoms with Crippen LogP contribution in [0.15, 0.2) is 72.8 Å². The third-order valence-electron chi connectivity index (χ3n) is 5.38. The van der Waals surface area contributed by atoms with E-state index in [2.05, 4.69) is 107 Å². The molecular weight excluding hydrogens is 445 g/mol. The molecule has 0 spiro atoms. The SMILES string of the molecule is CC(C)(C)[N-]C(C)(C)c1ccccc1C1c2ccccc2-c2ccccc21.[Cl][Ti][Cl]. The first-order valence-corrected chi connectivity index (χ1v) is 14.5. The molecule has 3 aromatic carbocycles. The summed E-state index contributed by atoms with van der Waals surface area (Å²) in [5, 5.41) is 5.16. The van der Waals surface area contributed by atoms with Gasteiger partial charge in [-0.25, -0.2) is 0 Å². The van der Waals surface area contributed by atoms with Gasteiger partial charge in [-0.05, 0) is 27.8 Å². The molecule has 0 bridgehead atoms. The van der Waals surface area contributed by atoms with E-state index in [1.807, 2.05) is 0 Å². The van der Waals surface area contributed by atoms with Gasteiger partial charge >= 0.3 is 35.6 Å². The summed E-state index contributed by atoms with van der Waals surface area (Å²) in [4.78, 5) is 0. The van der Waals surface area contributed by atoms with Crippen LogP contribution >= 0.6 is 18.6 Å². The van der Waals surface area contributed by atoms with Crippen LogP contribution in [0.3, 0.4) is 0 Å². The fraction of sp³-hybridized carbons (Fsp3) is 0.308. The number of benzene rings is 3. The minimum absolute atomic E-state index is 0.0812. The van der Waals surface area contributed by atoms with Gasteiger partial charge in [0.2, 0.25) is 0 Å². The fourth-order valence-corrected chi connectivity index (χ4v) is 4.70. The molecule has 3 aromatic rings. The van der Waals surface area contributed by atoms with Gasteiger partial charge in [0.25, 0.3) is 0 Å². The Morgan fingerprint density at radius 3 is 1.53 bits per heavy atom. The molecule has 1 aliphatic carbocycles. The van der Waals surface area contributed by atoms with Crippen LogP contribution in [-0.2, 0) is 22.6 Å². The first kappa shape index (κ1) is 23.6. The number of hydrogen-bond acceptors (Lipinski definition) is 0. The van der Waals surface area contributed by atoms with Crippen molar-refractivity contribution in [1.82, 2.24) is 0 Å². The van der Waals surface area contributed by atoms with Crippen LogP contribution in [0.25, 0.3) is 16.4 Å². The summed E-state index contributed by atoms with van der Waals surface area (Å²) in [5.74, 6) is 0.267. The molecule has 0 saturated carbocycles. The molecule has 0 amide bonds. The monoisotopic (exact) mass is 472 g/mol. The van der Waals surface area contributed by atoms with Gasteiger partial charge in [-0.1, -0.05) is 113 Å². The van der Waals surface area contributed by atoms with Crippen LogP contribution in [0.1, 0.15) is 62.8 Å². The number of rotatable bonds is 3. The van der Waals surface area contributed by atoms with Crippen molar-refractivity contribution in [2.24, 2.45) is 0 Å². The molecule has 0 fully saturated rings. The second-order valence-corrected chi connectivity index (χ2v) is 11.7. The van der Waals surface area contributed by atoms with Crippen LogP contribution in [0, 0.1) is 0 Å². The van der Waals surface area contributed by atoms with Gasteiger partial charge in [0.15, 0.2) is 0 Å². The minimum atomic E-state index is -0.556. The molecule has 0 heterocycles. The van der Waals surface area contributed by atoms with Gasteiger partial charge in [0, 0.05) is 5.92 Å². The van der Waals surface area contributed by atoms with Gasteiger partial charge in [-0.3, -0.25) is 0 Å². The maximum atomic E-state index is 5.16. The standard InChI is InChI=1S/C26H28N.2ClH.Ti/c1-25(2,3)27-26(4,5)23-17-11-10-16-22(23)24-20-14-8-6-12-18(20)19-13-7-9-15-21(19)24;;;/h6-17,24H,1-5H3;2*1H;/q-1;;;+2/p-2. The van der Waals surface area contributed by atoms with Crippen molar-refractivity contribution in [3.8, 4) is 11.1 Å². The third-order valence-corrected chi connectivity index (χ3v) is 5.38. The first-order chi connectivity index (χ1) is 14.2. The average Bonchev–Trinajstić information content (AvgIpc) is 3.01. The van der Waals surface area contributed by atoms with E-state index in [0.717, 1.165) is 0 Å².